The van der Waals surface area contributed by atoms with Gasteiger partial charge in [-0.25, -0.2) is 5.10 Å². The fraction of sp³-hybridized carbons (Fsp3) is 0.500. The molecule has 0 radical (unpaired) electrons. The highest BCUT2D eigenvalue weighted by molar-refractivity contribution is 8.93. The molecule has 2 N–H and O–H groups in total. The van der Waals surface area contributed by atoms with E-state index in [1.165, 1.54) is 0 Å². The number of tetrazole rings is 1. The summed E-state index contributed by atoms with van der Waals surface area (Å²) >= 11 is 0. The first-order valence-electron chi connectivity index (χ1n) is 1.85. The molecule has 0 bridgehead atoms. The lowest BCUT2D eigenvalue weighted by Crippen LogP contribution is -1.88. The molecule has 0 atom stereocenters. The van der Waals surface area contributed by atoms with Crippen molar-refractivity contribution in [2.24, 2.45) is 0 Å². The first-order valence-corrected chi connectivity index (χ1v) is 1.85. The number of aromatic nitrogens is 4. The summed E-state index contributed by atoms with van der Waals surface area (Å²) in [6, 6.07) is 0. The summed E-state index contributed by atoms with van der Waals surface area (Å²) in [4.78, 5) is 0. The van der Waals surface area contributed by atoms with E-state index in [1.807, 2.05) is 0 Å². The van der Waals surface area contributed by atoms with Crippen molar-refractivity contribution >= 4 is 22.9 Å². The second-order valence-electron chi connectivity index (χ2n) is 1.000. The molecule has 0 saturated carbocycles. The third-order valence-electron chi connectivity index (χ3n) is 0.582. The van der Waals surface area contributed by atoms with Gasteiger partial charge in [0.25, 0.3) is 0 Å². The lowest BCUT2D eigenvalue weighted by Gasteiger charge is -1.81. The van der Waals surface area contributed by atoms with E-state index < -0.39 is 0 Å². The van der Waals surface area contributed by atoms with Crippen molar-refractivity contribution in [3.8, 4) is 0 Å². The molecule has 0 aliphatic heterocycles. The number of halogens is 1. The Balaban J connectivity index is 0.000000490. The highest BCUT2D eigenvalue weighted by Gasteiger charge is 1.84. The van der Waals surface area contributed by atoms with Gasteiger partial charge in [-0.1, -0.05) is 5.10 Å². The molecule has 0 unspecified atom stereocenters. The number of rotatable bonds is 1. The number of aromatic amines is 1. The van der Waals surface area contributed by atoms with E-state index in [9.17, 15) is 0 Å². The molecule has 0 spiro atoms. The summed E-state index contributed by atoms with van der Waals surface area (Å²) < 4.78 is 0. The maximum absolute atomic E-state index is 3.51. The van der Waals surface area contributed by atoms with Gasteiger partial charge >= 0.3 is 0 Å². The first-order chi connectivity index (χ1) is 3.43. The van der Waals surface area contributed by atoms with Gasteiger partial charge in [0.1, 0.15) is 0 Å². The number of hydrogen-bond acceptors (Lipinski definition) is 4. The Hall–Kier alpha value is -0.650. The molecular formula is C2H6BrN5. The summed E-state index contributed by atoms with van der Waals surface area (Å²) in [5.74, 6) is 0.583. The zero-order valence-electron chi connectivity index (χ0n) is 4.25. The largest absolute Gasteiger partial charge is 0.356 e. The van der Waals surface area contributed by atoms with Crippen LogP contribution in [-0.4, -0.2) is 27.7 Å². The quantitative estimate of drug-likeness (QED) is 0.628. The van der Waals surface area contributed by atoms with Gasteiger partial charge in [0, 0.05) is 7.05 Å². The zero-order chi connectivity index (χ0) is 5.11. The third kappa shape index (κ3) is 1.45. The molecule has 0 saturated heterocycles. The van der Waals surface area contributed by atoms with E-state index >= 15 is 0 Å². The lowest BCUT2D eigenvalue weighted by atomic mass is 11.0. The minimum atomic E-state index is 0. The molecule has 0 aliphatic rings. The fourth-order valence-corrected chi connectivity index (χ4v) is 0.265. The van der Waals surface area contributed by atoms with Crippen LogP contribution in [0.5, 0.6) is 0 Å². The average molecular weight is 180 g/mol. The molecule has 5 nitrogen and oxygen atoms in total. The van der Waals surface area contributed by atoms with Gasteiger partial charge in [-0.3, -0.25) is 0 Å². The maximum Gasteiger partial charge on any atom is 0.240 e. The highest BCUT2D eigenvalue weighted by Crippen LogP contribution is 1.82. The van der Waals surface area contributed by atoms with E-state index in [1.54, 1.807) is 7.05 Å². The Bertz CT molecular complexity index is 125. The summed E-state index contributed by atoms with van der Waals surface area (Å²) in [7, 11) is 1.74. The molecule has 1 rings (SSSR count). The fourth-order valence-electron chi connectivity index (χ4n) is 0.265. The smallest absolute Gasteiger partial charge is 0.240 e. The predicted molar refractivity (Wildman–Crippen MR) is 34.0 cm³/mol. The van der Waals surface area contributed by atoms with Gasteiger partial charge < -0.3 is 5.32 Å². The van der Waals surface area contributed by atoms with Gasteiger partial charge in [0.2, 0.25) is 5.95 Å². The van der Waals surface area contributed by atoms with Gasteiger partial charge in [-0.05, 0) is 10.4 Å². The Morgan fingerprint density at radius 3 is 2.62 bits per heavy atom. The van der Waals surface area contributed by atoms with Crippen LogP contribution in [0.2, 0.25) is 0 Å². The van der Waals surface area contributed by atoms with Crippen molar-refractivity contribution in [2.75, 3.05) is 12.4 Å². The van der Waals surface area contributed by atoms with Crippen molar-refractivity contribution in [2.45, 2.75) is 0 Å². The van der Waals surface area contributed by atoms with Gasteiger partial charge in [0.05, 0.1) is 0 Å². The molecule has 1 aromatic rings. The van der Waals surface area contributed by atoms with E-state index in [2.05, 4.69) is 25.9 Å². The number of anilines is 1. The van der Waals surface area contributed by atoms with E-state index in [0.717, 1.165) is 0 Å². The SMILES string of the molecule is Br.CNc1nnn[nH]1. The van der Waals surface area contributed by atoms with Crippen molar-refractivity contribution in [1.82, 2.24) is 20.6 Å². The number of hydrogen-bond donors (Lipinski definition) is 2. The van der Waals surface area contributed by atoms with Crippen LogP contribution in [0.15, 0.2) is 0 Å². The molecule has 0 aliphatic carbocycles. The molecule has 8 heavy (non-hydrogen) atoms. The summed E-state index contributed by atoms with van der Waals surface area (Å²) in [5, 5.41) is 15.3. The Morgan fingerprint density at radius 1 is 1.62 bits per heavy atom. The predicted octanol–water partition coefficient (Wildman–Crippen LogP) is -0.181. The minimum absolute atomic E-state index is 0. The van der Waals surface area contributed by atoms with Crippen LogP contribution in [0.4, 0.5) is 5.95 Å². The second kappa shape index (κ2) is 3.36. The van der Waals surface area contributed by atoms with Crippen LogP contribution < -0.4 is 5.32 Å². The summed E-state index contributed by atoms with van der Waals surface area (Å²) in [5.41, 5.74) is 0. The molecule has 6 heteroatoms. The average Bonchev–Trinajstić information content (AvgIpc) is 2.14. The van der Waals surface area contributed by atoms with Gasteiger partial charge in [-0.2, -0.15) is 0 Å². The van der Waals surface area contributed by atoms with Crippen molar-refractivity contribution in [3.63, 3.8) is 0 Å². The second-order valence-corrected chi connectivity index (χ2v) is 1.000. The van der Waals surface area contributed by atoms with Crippen LogP contribution >= 0.6 is 17.0 Å². The topological polar surface area (TPSA) is 66.5 Å². The molecule has 0 aromatic carbocycles. The molecule has 46 valence electrons. The molecule has 1 heterocycles. The van der Waals surface area contributed by atoms with Crippen LogP contribution in [0.3, 0.4) is 0 Å². The van der Waals surface area contributed by atoms with Crippen LogP contribution in [0, 0.1) is 0 Å². The lowest BCUT2D eigenvalue weighted by molar-refractivity contribution is 0.881. The normalized spacial score (nSPS) is 7.62. The third-order valence-corrected chi connectivity index (χ3v) is 0.582. The Labute approximate surface area is 56.6 Å². The Kier molecular flexibility index (Phi) is 3.09. The number of nitrogens with zero attached hydrogens (tertiary/aromatic N) is 3. The standard InChI is InChI=1S/C2H5N5.BrH/c1-3-2-4-6-7-5-2;/h1H3,(H2,3,4,5,6,7);1H. The van der Waals surface area contributed by atoms with E-state index in [0.29, 0.717) is 5.95 Å². The molecule has 0 amide bonds. The number of nitrogens with one attached hydrogen (secondary N) is 2. The summed E-state index contributed by atoms with van der Waals surface area (Å²) in [6.45, 7) is 0. The van der Waals surface area contributed by atoms with Crippen LogP contribution in [-0.2, 0) is 0 Å². The van der Waals surface area contributed by atoms with E-state index in [-0.39, 0.29) is 17.0 Å². The highest BCUT2D eigenvalue weighted by atomic mass is 79.9. The van der Waals surface area contributed by atoms with Crippen LogP contribution in [0.1, 0.15) is 0 Å². The van der Waals surface area contributed by atoms with Crippen molar-refractivity contribution < 1.29 is 0 Å². The van der Waals surface area contributed by atoms with Crippen molar-refractivity contribution in [3.05, 3.63) is 0 Å². The monoisotopic (exact) mass is 179 g/mol. The Morgan fingerprint density at radius 2 is 2.38 bits per heavy atom. The van der Waals surface area contributed by atoms with Crippen LogP contribution in [0.25, 0.3) is 0 Å². The van der Waals surface area contributed by atoms with E-state index in [4.69, 9.17) is 0 Å². The minimum Gasteiger partial charge on any atom is -0.356 e. The zero-order valence-corrected chi connectivity index (χ0v) is 5.96. The molecule has 1 aromatic heterocycles. The molecule has 0 fully saturated rings. The number of H-pyrrole nitrogens is 1. The van der Waals surface area contributed by atoms with Crippen molar-refractivity contribution in [1.29, 1.82) is 0 Å². The summed E-state index contributed by atoms with van der Waals surface area (Å²) in [6.07, 6.45) is 0. The first kappa shape index (κ1) is 7.35. The molecular weight excluding hydrogens is 174 g/mol. The van der Waals surface area contributed by atoms with Gasteiger partial charge in [-0.15, -0.1) is 17.0 Å². The maximum atomic E-state index is 3.51. The van der Waals surface area contributed by atoms with Gasteiger partial charge in [0.15, 0.2) is 0 Å².